The van der Waals surface area contributed by atoms with Crippen LogP contribution in [0.3, 0.4) is 0 Å². The third-order valence-corrected chi connectivity index (χ3v) is 2.73. The van der Waals surface area contributed by atoms with Crippen molar-refractivity contribution in [2.75, 3.05) is 26.8 Å². The maximum absolute atomic E-state index is 12.1. The second kappa shape index (κ2) is 8.26. The second-order valence-electron chi connectivity index (χ2n) is 4.09. The molecular formula is C14H19NO4. The molecule has 19 heavy (non-hydrogen) atoms. The molecule has 0 heterocycles. The number of methoxy groups -OCH3 is 1. The second-order valence-corrected chi connectivity index (χ2v) is 4.09. The van der Waals surface area contributed by atoms with Gasteiger partial charge in [-0.2, -0.15) is 0 Å². The van der Waals surface area contributed by atoms with Crippen LogP contribution in [0, 0.1) is 0 Å². The summed E-state index contributed by atoms with van der Waals surface area (Å²) in [5, 5.41) is 8.96. The fraction of sp³-hybridized carbons (Fsp3) is 0.429. The summed E-state index contributed by atoms with van der Waals surface area (Å²) in [6.07, 6.45) is 0.402. The number of esters is 1. The zero-order chi connectivity index (χ0) is 14.1. The summed E-state index contributed by atoms with van der Waals surface area (Å²) >= 11 is 0. The lowest BCUT2D eigenvalue weighted by atomic mass is 10.1. The van der Waals surface area contributed by atoms with E-state index in [1.165, 1.54) is 12.0 Å². The normalized spacial score (nSPS) is 10.0. The molecule has 0 aliphatic carbocycles. The van der Waals surface area contributed by atoms with Gasteiger partial charge in [0, 0.05) is 13.1 Å². The summed E-state index contributed by atoms with van der Waals surface area (Å²) in [7, 11) is 1.31. The summed E-state index contributed by atoms with van der Waals surface area (Å²) in [6.45, 7) is 0.364. The Kier molecular flexibility index (Phi) is 6.60. The lowest BCUT2D eigenvalue weighted by molar-refractivity contribution is -0.141. The first kappa shape index (κ1) is 15.2. The van der Waals surface area contributed by atoms with E-state index in [2.05, 4.69) is 4.74 Å². The molecule has 1 N–H and O–H groups in total. The monoisotopic (exact) mass is 265 g/mol. The average molecular weight is 265 g/mol. The van der Waals surface area contributed by atoms with Gasteiger partial charge in [0.15, 0.2) is 0 Å². The van der Waals surface area contributed by atoms with Crippen molar-refractivity contribution in [1.82, 2.24) is 4.90 Å². The fourth-order valence-corrected chi connectivity index (χ4v) is 1.69. The number of hydrogen-bond acceptors (Lipinski definition) is 4. The van der Waals surface area contributed by atoms with Gasteiger partial charge < -0.3 is 14.7 Å². The number of hydrogen-bond donors (Lipinski definition) is 1. The Morgan fingerprint density at radius 1 is 1.21 bits per heavy atom. The maximum atomic E-state index is 12.1. The zero-order valence-electron chi connectivity index (χ0n) is 11.0. The smallest absolute Gasteiger partial charge is 0.307 e. The van der Waals surface area contributed by atoms with Crippen molar-refractivity contribution in [2.24, 2.45) is 0 Å². The van der Waals surface area contributed by atoms with Gasteiger partial charge in [-0.25, -0.2) is 0 Å². The number of benzene rings is 1. The van der Waals surface area contributed by atoms with Crippen molar-refractivity contribution in [3.8, 4) is 0 Å². The van der Waals surface area contributed by atoms with E-state index in [1.54, 1.807) is 0 Å². The van der Waals surface area contributed by atoms with Gasteiger partial charge in [-0.15, -0.1) is 0 Å². The van der Waals surface area contributed by atoms with E-state index in [0.717, 1.165) is 5.56 Å². The number of ether oxygens (including phenoxy) is 1. The number of rotatable bonds is 7. The van der Waals surface area contributed by atoms with Crippen molar-refractivity contribution in [2.45, 2.75) is 12.8 Å². The Balaban J connectivity index is 2.55. The Labute approximate surface area is 112 Å². The summed E-state index contributed by atoms with van der Waals surface area (Å²) in [4.78, 5) is 24.6. The molecule has 0 unspecified atom stereocenters. The van der Waals surface area contributed by atoms with Gasteiger partial charge in [0.1, 0.15) is 0 Å². The van der Waals surface area contributed by atoms with Crippen LogP contribution in [0.25, 0.3) is 0 Å². The number of aliphatic hydroxyl groups is 1. The molecule has 0 spiro atoms. The number of amides is 1. The van der Waals surface area contributed by atoms with Gasteiger partial charge in [0.2, 0.25) is 5.91 Å². The van der Waals surface area contributed by atoms with Gasteiger partial charge >= 0.3 is 5.97 Å². The first-order valence-corrected chi connectivity index (χ1v) is 6.16. The van der Waals surface area contributed by atoms with Crippen LogP contribution < -0.4 is 0 Å². The number of carbonyl (C=O) groups excluding carboxylic acids is 2. The maximum Gasteiger partial charge on any atom is 0.307 e. The molecule has 0 fully saturated rings. The highest BCUT2D eigenvalue weighted by Gasteiger charge is 2.15. The minimum atomic E-state index is -0.365. The molecular weight excluding hydrogens is 246 g/mol. The van der Waals surface area contributed by atoms with E-state index in [4.69, 9.17) is 5.11 Å². The van der Waals surface area contributed by atoms with Crippen LogP contribution >= 0.6 is 0 Å². The van der Waals surface area contributed by atoms with Gasteiger partial charge in [-0.3, -0.25) is 9.59 Å². The fourth-order valence-electron chi connectivity index (χ4n) is 1.69. The molecule has 1 aromatic carbocycles. The Hall–Kier alpha value is -1.88. The van der Waals surface area contributed by atoms with E-state index in [9.17, 15) is 9.59 Å². The van der Waals surface area contributed by atoms with Crippen LogP contribution in [0.1, 0.15) is 12.0 Å². The summed E-state index contributed by atoms with van der Waals surface area (Å²) in [6, 6.07) is 9.36. The van der Waals surface area contributed by atoms with Crippen molar-refractivity contribution >= 4 is 11.9 Å². The van der Waals surface area contributed by atoms with Crippen LogP contribution in [0.15, 0.2) is 30.3 Å². The molecule has 0 aromatic heterocycles. The predicted octanol–water partition coefficient (Wildman–Crippen LogP) is 0.613. The highest BCUT2D eigenvalue weighted by Crippen LogP contribution is 2.04. The molecule has 5 heteroatoms. The van der Waals surface area contributed by atoms with Crippen molar-refractivity contribution < 1.29 is 19.4 Å². The van der Waals surface area contributed by atoms with E-state index in [0.29, 0.717) is 0 Å². The van der Waals surface area contributed by atoms with Crippen LogP contribution in [-0.4, -0.2) is 48.7 Å². The third kappa shape index (κ3) is 5.52. The topological polar surface area (TPSA) is 66.8 Å². The molecule has 1 amide bonds. The molecule has 1 rings (SSSR count). The molecule has 1 aromatic rings. The van der Waals surface area contributed by atoms with Crippen molar-refractivity contribution in [3.63, 3.8) is 0 Å². The van der Waals surface area contributed by atoms with Gasteiger partial charge in [0.25, 0.3) is 0 Å². The van der Waals surface area contributed by atoms with E-state index >= 15 is 0 Å². The van der Waals surface area contributed by atoms with Gasteiger partial charge in [0.05, 0.1) is 26.6 Å². The molecule has 0 radical (unpaired) electrons. The largest absolute Gasteiger partial charge is 0.469 e. The Morgan fingerprint density at radius 3 is 2.47 bits per heavy atom. The van der Waals surface area contributed by atoms with Gasteiger partial charge in [-0.1, -0.05) is 30.3 Å². The molecule has 0 aliphatic rings. The standard InChI is InChI=1S/C14H19NO4/c1-19-14(18)7-8-15(9-10-16)13(17)11-12-5-3-2-4-6-12/h2-6,16H,7-11H2,1H3. The Bertz CT molecular complexity index is 405. The van der Waals surface area contributed by atoms with E-state index in [-0.39, 0.29) is 44.4 Å². The molecule has 5 nitrogen and oxygen atoms in total. The van der Waals surface area contributed by atoms with E-state index < -0.39 is 0 Å². The van der Waals surface area contributed by atoms with E-state index in [1.807, 2.05) is 30.3 Å². The minimum Gasteiger partial charge on any atom is -0.469 e. The van der Waals surface area contributed by atoms with Crippen LogP contribution in [0.4, 0.5) is 0 Å². The lowest BCUT2D eigenvalue weighted by Gasteiger charge is -2.21. The molecule has 0 aliphatic heterocycles. The molecule has 104 valence electrons. The summed E-state index contributed by atoms with van der Waals surface area (Å²) in [5.41, 5.74) is 0.911. The summed E-state index contributed by atoms with van der Waals surface area (Å²) in [5.74, 6) is -0.473. The Morgan fingerprint density at radius 2 is 1.89 bits per heavy atom. The van der Waals surface area contributed by atoms with Crippen LogP contribution in [-0.2, 0) is 20.7 Å². The third-order valence-electron chi connectivity index (χ3n) is 2.73. The molecule has 0 saturated carbocycles. The minimum absolute atomic E-state index is 0.107. The van der Waals surface area contributed by atoms with Crippen molar-refractivity contribution in [1.29, 1.82) is 0 Å². The zero-order valence-corrected chi connectivity index (χ0v) is 11.0. The number of carbonyl (C=O) groups is 2. The quantitative estimate of drug-likeness (QED) is 0.734. The molecule has 0 saturated heterocycles. The molecule has 0 atom stereocenters. The predicted molar refractivity (Wildman–Crippen MR) is 70.4 cm³/mol. The summed E-state index contributed by atoms with van der Waals surface area (Å²) < 4.78 is 4.54. The van der Waals surface area contributed by atoms with Gasteiger partial charge in [-0.05, 0) is 5.56 Å². The lowest BCUT2D eigenvalue weighted by Crippen LogP contribution is -2.36. The first-order valence-electron chi connectivity index (χ1n) is 6.16. The van der Waals surface area contributed by atoms with Crippen molar-refractivity contribution in [3.05, 3.63) is 35.9 Å². The number of aliphatic hydroxyl groups excluding tert-OH is 1. The highest BCUT2D eigenvalue weighted by atomic mass is 16.5. The molecule has 0 bridgehead atoms. The average Bonchev–Trinajstić information content (AvgIpc) is 2.44. The number of nitrogens with zero attached hydrogens (tertiary/aromatic N) is 1. The van der Waals surface area contributed by atoms with Crippen LogP contribution in [0.2, 0.25) is 0 Å². The SMILES string of the molecule is COC(=O)CCN(CCO)C(=O)Cc1ccccc1. The highest BCUT2D eigenvalue weighted by molar-refractivity contribution is 5.79. The first-order chi connectivity index (χ1) is 9.17. The van der Waals surface area contributed by atoms with Crippen LogP contribution in [0.5, 0.6) is 0 Å².